The van der Waals surface area contributed by atoms with Gasteiger partial charge in [0.25, 0.3) is 5.91 Å². The molecular formula is C23H27BrN4O5. The summed E-state index contributed by atoms with van der Waals surface area (Å²) in [6, 6.07) is 12.3. The van der Waals surface area contributed by atoms with Crippen LogP contribution in [0.2, 0.25) is 0 Å². The predicted octanol–water partition coefficient (Wildman–Crippen LogP) is 3.23. The highest BCUT2D eigenvalue weighted by Gasteiger charge is 2.16. The zero-order valence-electron chi connectivity index (χ0n) is 18.7. The fourth-order valence-corrected chi connectivity index (χ4v) is 3.10. The molecule has 2 aromatic carbocycles. The van der Waals surface area contributed by atoms with Gasteiger partial charge in [0.2, 0.25) is 0 Å². The maximum atomic E-state index is 12.2. The first kappa shape index (κ1) is 25.9. The molecule has 0 aliphatic carbocycles. The van der Waals surface area contributed by atoms with Gasteiger partial charge in [-0.2, -0.15) is 5.10 Å². The molecule has 0 heterocycles. The quantitative estimate of drug-likeness (QED) is 0.253. The molecular weight excluding hydrogens is 492 g/mol. The van der Waals surface area contributed by atoms with Crippen molar-refractivity contribution in [3.8, 4) is 11.5 Å². The molecule has 3 N–H and O–H groups in total. The standard InChI is InChI=1S/C23H27BrN4O5/c1-4-15(3)26-22(30)23(31)28-25-13-16-11-18(24)21(19(12-16)32-5-2)33-14-20(29)27-17-9-7-6-8-10-17/h6-13,15H,4-5,14H2,1-3H3,(H,26,30)(H,27,29)(H,28,31)/b25-13-/t15-/m0/s1. The van der Waals surface area contributed by atoms with E-state index < -0.39 is 11.8 Å². The first-order chi connectivity index (χ1) is 15.8. The fraction of sp³-hybridized carbons (Fsp3) is 0.304. The number of benzene rings is 2. The van der Waals surface area contributed by atoms with E-state index in [2.05, 4.69) is 37.1 Å². The van der Waals surface area contributed by atoms with Gasteiger partial charge in [-0.3, -0.25) is 14.4 Å². The minimum absolute atomic E-state index is 0.112. The molecule has 0 aliphatic heterocycles. The van der Waals surface area contributed by atoms with E-state index in [9.17, 15) is 14.4 Å². The highest BCUT2D eigenvalue weighted by molar-refractivity contribution is 9.10. The lowest BCUT2D eigenvalue weighted by atomic mass is 10.2. The van der Waals surface area contributed by atoms with Crippen LogP contribution in [0.4, 0.5) is 5.69 Å². The van der Waals surface area contributed by atoms with Crippen LogP contribution in [0.3, 0.4) is 0 Å². The zero-order chi connectivity index (χ0) is 24.2. The van der Waals surface area contributed by atoms with Gasteiger partial charge < -0.3 is 20.1 Å². The van der Waals surface area contributed by atoms with Crippen LogP contribution in [0.1, 0.15) is 32.8 Å². The molecule has 0 saturated heterocycles. The average Bonchev–Trinajstić information content (AvgIpc) is 2.79. The van der Waals surface area contributed by atoms with Crippen LogP contribution in [0.25, 0.3) is 0 Å². The van der Waals surface area contributed by atoms with Crippen molar-refractivity contribution in [1.29, 1.82) is 0 Å². The summed E-state index contributed by atoms with van der Waals surface area (Å²) >= 11 is 3.41. The SMILES string of the molecule is CCOc1cc(/C=N\NC(=O)C(=O)N[C@@H](C)CC)cc(Br)c1OCC(=O)Nc1ccccc1. The molecule has 176 valence electrons. The second-order valence-corrected chi connectivity index (χ2v) is 7.80. The van der Waals surface area contributed by atoms with Gasteiger partial charge in [-0.25, -0.2) is 5.43 Å². The van der Waals surface area contributed by atoms with Crippen LogP contribution in [-0.2, 0) is 14.4 Å². The van der Waals surface area contributed by atoms with Crippen LogP contribution in [0, 0.1) is 0 Å². The van der Waals surface area contributed by atoms with E-state index in [1.807, 2.05) is 32.0 Å². The number of hydrazone groups is 1. The maximum Gasteiger partial charge on any atom is 0.329 e. The van der Waals surface area contributed by atoms with Crippen LogP contribution >= 0.6 is 15.9 Å². The minimum Gasteiger partial charge on any atom is -0.490 e. The molecule has 2 aromatic rings. The Morgan fingerprint density at radius 1 is 1.09 bits per heavy atom. The number of ether oxygens (including phenoxy) is 2. The van der Waals surface area contributed by atoms with Crippen LogP contribution in [0.5, 0.6) is 11.5 Å². The third-order valence-electron chi connectivity index (χ3n) is 4.31. The monoisotopic (exact) mass is 518 g/mol. The van der Waals surface area contributed by atoms with E-state index in [1.165, 1.54) is 6.21 Å². The third kappa shape index (κ3) is 8.57. The molecule has 2 rings (SSSR count). The second-order valence-electron chi connectivity index (χ2n) is 6.95. The van der Waals surface area contributed by atoms with Crippen molar-refractivity contribution in [2.75, 3.05) is 18.5 Å². The number of hydrogen-bond acceptors (Lipinski definition) is 6. The van der Waals surface area contributed by atoms with Gasteiger partial charge in [0.15, 0.2) is 18.1 Å². The number of halogens is 1. The molecule has 0 fully saturated rings. The summed E-state index contributed by atoms with van der Waals surface area (Å²) in [6.07, 6.45) is 2.08. The van der Waals surface area contributed by atoms with Crippen molar-refractivity contribution in [3.05, 3.63) is 52.5 Å². The first-order valence-electron chi connectivity index (χ1n) is 10.4. The molecule has 0 saturated carbocycles. The van der Waals surface area contributed by atoms with Crippen LogP contribution in [0.15, 0.2) is 52.0 Å². The van der Waals surface area contributed by atoms with Gasteiger partial charge in [0, 0.05) is 11.7 Å². The number of nitrogens with one attached hydrogen (secondary N) is 3. The van der Waals surface area contributed by atoms with Crippen LogP contribution < -0.4 is 25.5 Å². The molecule has 0 spiro atoms. The van der Waals surface area contributed by atoms with E-state index in [1.54, 1.807) is 31.2 Å². The first-order valence-corrected chi connectivity index (χ1v) is 11.2. The predicted molar refractivity (Wildman–Crippen MR) is 130 cm³/mol. The number of carbonyl (C=O) groups is 3. The second kappa shape index (κ2) is 13.2. The van der Waals surface area contributed by atoms with E-state index in [0.717, 1.165) is 0 Å². The van der Waals surface area contributed by atoms with Crippen molar-refractivity contribution in [2.24, 2.45) is 5.10 Å². The lowest BCUT2D eigenvalue weighted by Crippen LogP contribution is -2.41. The number of nitrogens with zero attached hydrogens (tertiary/aromatic N) is 1. The zero-order valence-corrected chi connectivity index (χ0v) is 20.3. The summed E-state index contributed by atoms with van der Waals surface area (Å²) in [5.74, 6) is -1.19. The van der Waals surface area contributed by atoms with E-state index in [-0.39, 0.29) is 18.6 Å². The highest BCUT2D eigenvalue weighted by atomic mass is 79.9. The maximum absolute atomic E-state index is 12.2. The highest BCUT2D eigenvalue weighted by Crippen LogP contribution is 2.36. The Hall–Kier alpha value is -3.40. The van der Waals surface area contributed by atoms with Crippen molar-refractivity contribution in [3.63, 3.8) is 0 Å². The van der Waals surface area contributed by atoms with Crippen molar-refractivity contribution in [2.45, 2.75) is 33.2 Å². The van der Waals surface area contributed by atoms with E-state index in [4.69, 9.17) is 9.47 Å². The van der Waals surface area contributed by atoms with Crippen molar-refractivity contribution in [1.82, 2.24) is 10.7 Å². The molecule has 0 aliphatic rings. The number of para-hydroxylation sites is 1. The lowest BCUT2D eigenvalue weighted by molar-refractivity contribution is -0.139. The molecule has 0 unspecified atom stereocenters. The van der Waals surface area contributed by atoms with Crippen molar-refractivity contribution >= 4 is 45.6 Å². The van der Waals surface area contributed by atoms with E-state index >= 15 is 0 Å². The Balaban J connectivity index is 2.03. The summed E-state index contributed by atoms with van der Waals surface area (Å²) in [6.45, 7) is 5.67. The molecule has 0 bridgehead atoms. The van der Waals surface area contributed by atoms with E-state index in [0.29, 0.717) is 40.3 Å². The van der Waals surface area contributed by atoms with Gasteiger partial charge in [-0.1, -0.05) is 25.1 Å². The molecule has 33 heavy (non-hydrogen) atoms. The smallest absolute Gasteiger partial charge is 0.329 e. The number of hydrogen-bond donors (Lipinski definition) is 3. The lowest BCUT2D eigenvalue weighted by Gasteiger charge is -2.14. The Bertz CT molecular complexity index is 998. The summed E-state index contributed by atoms with van der Waals surface area (Å²) in [5.41, 5.74) is 3.43. The molecule has 3 amide bonds. The molecule has 10 heteroatoms. The van der Waals surface area contributed by atoms with Gasteiger partial charge in [0.05, 0.1) is 17.3 Å². The number of anilines is 1. The minimum atomic E-state index is -0.861. The molecule has 0 radical (unpaired) electrons. The molecule has 1 atom stereocenters. The van der Waals surface area contributed by atoms with Gasteiger partial charge in [-0.15, -0.1) is 0 Å². The van der Waals surface area contributed by atoms with Crippen LogP contribution in [-0.4, -0.2) is 43.2 Å². The summed E-state index contributed by atoms with van der Waals surface area (Å²) < 4.78 is 11.8. The largest absolute Gasteiger partial charge is 0.490 e. The number of carbonyl (C=O) groups excluding carboxylic acids is 3. The van der Waals surface area contributed by atoms with Gasteiger partial charge in [0.1, 0.15) is 0 Å². The van der Waals surface area contributed by atoms with Gasteiger partial charge >= 0.3 is 11.8 Å². The fourth-order valence-electron chi connectivity index (χ4n) is 2.53. The Morgan fingerprint density at radius 3 is 2.48 bits per heavy atom. The third-order valence-corrected chi connectivity index (χ3v) is 4.90. The Labute approximate surface area is 201 Å². The number of amides is 3. The normalized spacial score (nSPS) is 11.5. The summed E-state index contributed by atoms with van der Waals surface area (Å²) in [5, 5.41) is 9.12. The average molecular weight is 519 g/mol. The molecule has 9 nitrogen and oxygen atoms in total. The van der Waals surface area contributed by atoms with Crippen molar-refractivity contribution < 1.29 is 23.9 Å². The Kier molecular flexibility index (Phi) is 10.4. The van der Waals surface area contributed by atoms with Gasteiger partial charge in [-0.05, 0) is 66.0 Å². The molecule has 0 aromatic heterocycles. The summed E-state index contributed by atoms with van der Waals surface area (Å²) in [4.78, 5) is 35.8. The summed E-state index contributed by atoms with van der Waals surface area (Å²) in [7, 11) is 0. The number of rotatable bonds is 10. The Morgan fingerprint density at radius 2 is 1.82 bits per heavy atom. The topological polar surface area (TPSA) is 118 Å².